The van der Waals surface area contributed by atoms with Crippen LogP contribution in [-0.2, 0) is 4.79 Å². The lowest BCUT2D eigenvalue weighted by Crippen LogP contribution is -2.19. The maximum atomic E-state index is 12.9. The van der Waals surface area contributed by atoms with Gasteiger partial charge in [-0.15, -0.1) is 0 Å². The smallest absolute Gasteiger partial charge is 0.264 e. The van der Waals surface area contributed by atoms with Gasteiger partial charge in [0, 0.05) is 5.02 Å². The maximum Gasteiger partial charge on any atom is 0.264 e. The van der Waals surface area contributed by atoms with Crippen LogP contribution in [0.4, 0.5) is 10.1 Å². The van der Waals surface area contributed by atoms with E-state index >= 15 is 0 Å². The van der Waals surface area contributed by atoms with Crippen LogP contribution in [0, 0.1) is 5.82 Å². The van der Waals surface area contributed by atoms with Gasteiger partial charge in [0.15, 0.2) is 5.17 Å². The number of amides is 1. The molecular formula is C16H10ClFN2OS. The molecule has 1 aliphatic heterocycles. The first-order chi connectivity index (χ1) is 10.6. The number of hydrogen-bond acceptors (Lipinski definition) is 3. The molecule has 22 heavy (non-hydrogen) atoms. The number of hydrogen-bond donors (Lipinski definition) is 1. The van der Waals surface area contributed by atoms with Crippen LogP contribution in [-0.4, -0.2) is 11.1 Å². The second kappa shape index (κ2) is 6.34. The number of amidine groups is 1. The molecule has 1 heterocycles. The Hall–Kier alpha value is -2.11. The Morgan fingerprint density at radius 1 is 1.09 bits per heavy atom. The summed E-state index contributed by atoms with van der Waals surface area (Å²) in [5.41, 5.74) is 1.46. The number of carbonyl (C=O) groups excluding carboxylic acids is 1. The zero-order chi connectivity index (χ0) is 15.5. The number of rotatable bonds is 2. The third-order valence-electron chi connectivity index (χ3n) is 2.88. The molecule has 0 saturated carbocycles. The molecule has 1 fully saturated rings. The Bertz CT molecular complexity index is 770. The molecule has 0 radical (unpaired) electrons. The topological polar surface area (TPSA) is 41.5 Å². The predicted octanol–water partition coefficient (Wildman–Crippen LogP) is 4.37. The van der Waals surface area contributed by atoms with Gasteiger partial charge in [-0.05, 0) is 59.8 Å². The summed E-state index contributed by atoms with van der Waals surface area (Å²) in [5.74, 6) is -0.531. The monoisotopic (exact) mass is 332 g/mol. The summed E-state index contributed by atoms with van der Waals surface area (Å²) in [4.78, 5) is 16.8. The Morgan fingerprint density at radius 3 is 2.45 bits per heavy atom. The molecule has 0 aliphatic carbocycles. The molecule has 110 valence electrons. The molecule has 2 aromatic carbocycles. The molecule has 0 bridgehead atoms. The number of aliphatic imine (C=N–C) groups is 1. The number of benzene rings is 2. The van der Waals surface area contributed by atoms with Crippen molar-refractivity contribution in [2.75, 3.05) is 0 Å². The zero-order valence-electron chi connectivity index (χ0n) is 11.2. The van der Waals surface area contributed by atoms with Crippen molar-refractivity contribution in [1.82, 2.24) is 5.32 Å². The quantitative estimate of drug-likeness (QED) is 0.830. The summed E-state index contributed by atoms with van der Waals surface area (Å²) in [5, 5.41) is 3.80. The van der Waals surface area contributed by atoms with Crippen LogP contribution in [0.15, 0.2) is 58.4 Å². The van der Waals surface area contributed by atoms with Crippen molar-refractivity contribution in [2.24, 2.45) is 4.99 Å². The molecule has 0 unspecified atom stereocenters. The number of thioether (sulfide) groups is 1. The van der Waals surface area contributed by atoms with E-state index in [4.69, 9.17) is 11.6 Å². The van der Waals surface area contributed by atoms with Crippen LogP contribution in [0.3, 0.4) is 0 Å². The lowest BCUT2D eigenvalue weighted by atomic mass is 10.2. The average Bonchev–Trinajstić information content (AvgIpc) is 2.84. The van der Waals surface area contributed by atoms with Crippen LogP contribution < -0.4 is 5.32 Å². The molecule has 0 spiro atoms. The fourth-order valence-electron chi connectivity index (χ4n) is 1.82. The maximum absolute atomic E-state index is 12.9. The second-order valence-corrected chi connectivity index (χ2v) is 5.98. The third kappa shape index (κ3) is 3.55. The van der Waals surface area contributed by atoms with Crippen molar-refractivity contribution in [3.8, 4) is 0 Å². The van der Waals surface area contributed by atoms with E-state index in [0.717, 1.165) is 5.56 Å². The number of nitrogens with one attached hydrogen (secondary N) is 1. The lowest BCUT2D eigenvalue weighted by molar-refractivity contribution is -0.115. The van der Waals surface area contributed by atoms with Crippen LogP contribution in [0.25, 0.3) is 6.08 Å². The highest BCUT2D eigenvalue weighted by Crippen LogP contribution is 2.28. The molecule has 1 amide bonds. The van der Waals surface area contributed by atoms with E-state index in [1.54, 1.807) is 30.3 Å². The lowest BCUT2D eigenvalue weighted by Gasteiger charge is -1.96. The minimum absolute atomic E-state index is 0.208. The summed E-state index contributed by atoms with van der Waals surface area (Å²) in [6.07, 6.45) is 1.77. The van der Waals surface area contributed by atoms with Crippen molar-refractivity contribution < 1.29 is 9.18 Å². The molecule has 3 nitrogen and oxygen atoms in total. The van der Waals surface area contributed by atoms with Gasteiger partial charge in [-0.3, -0.25) is 4.79 Å². The summed E-state index contributed by atoms with van der Waals surface area (Å²) < 4.78 is 12.9. The Labute approximate surface area is 135 Å². The van der Waals surface area contributed by atoms with Gasteiger partial charge in [-0.2, -0.15) is 0 Å². The molecule has 0 aromatic heterocycles. The van der Waals surface area contributed by atoms with Gasteiger partial charge < -0.3 is 5.32 Å². The van der Waals surface area contributed by atoms with Gasteiger partial charge in [-0.1, -0.05) is 23.7 Å². The van der Waals surface area contributed by atoms with Gasteiger partial charge in [0.05, 0.1) is 10.6 Å². The van der Waals surface area contributed by atoms with Crippen LogP contribution in [0.2, 0.25) is 5.02 Å². The Balaban J connectivity index is 1.80. The van der Waals surface area contributed by atoms with E-state index in [1.807, 2.05) is 12.1 Å². The number of nitrogens with zero attached hydrogens (tertiary/aromatic N) is 1. The minimum Gasteiger partial charge on any atom is -0.300 e. The van der Waals surface area contributed by atoms with Gasteiger partial charge in [0.25, 0.3) is 5.91 Å². The summed E-state index contributed by atoms with van der Waals surface area (Å²) in [6.45, 7) is 0. The van der Waals surface area contributed by atoms with Gasteiger partial charge in [0.1, 0.15) is 5.82 Å². The van der Waals surface area contributed by atoms with Crippen LogP contribution >= 0.6 is 23.4 Å². The van der Waals surface area contributed by atoms with Gasteiger partial charge >= 0.3 is 0 Å². The van der Waals surface area contributed by atoms with Crippen molar-refractivity contribution in [3.63, 3.8) is 0 Å². The number of halogens is 2. The first-order valence-corrected chi connectivity index (χ1v) is 7.60. The molecule has 1 saturated heterocycles. The van der Waals surface area contributed by atoms with Gasteiger partial charge in [0.2, 0.25) is 0 Å². The van der Waals surface area contributed by atoms with Crippen molar-refractivity contribution in [1.29, 1.82) is 0 Å². The highest BCUT2D eigenvalue weighted by atomic mass is 35.5. The third-order valence-corrected chi connectivity index (χ3v) is 4.04. The second-order valence-electron chi connectivity index (χ2n) is 4.51. The van der Waals surface area contributed by atoms with E-state index in [1.165, 1.54) is 23.9 Å². The fraction of sp³-hybridized carbons (Fsp3) is 0. The molecule has 1 aliphatic rings. The molecule has 6 heteroatoms. The highest BCUT2D eigenvalue weighted by molar-refractivity contribution is 8.18. The normalized spacial score (nSPS) is 18.0. The Morgan fingerprint density at radius 2 is 1.77 bits per heavy atom. The summed E-state index contributed by atoms with van der Waals surface area (Å²) in [7, 11) is 0. The SMILES string of the molecule is O=C1NC(=Nc2ccc(F)cc2)S/C1=C/c1ccc(Cl)cc1. The first kappa shape index (κ1) is 14.8. The predicted molar refractivity (Wildman–Crippen MR) is 88.7 cm³/mol. The van der Waals surface area contributed by atoms with Crippen LogP contribution in [0.5, 0.6) is 0 Å². The largest absolute Gasteiger partial charge is 0.300 e. The fourth-order valence-corrected chi connectivity index (χ4v) is 2.79. The zero-order valence-corrected chi connectivity index (χ0v) is 12.8. The van der Waals surface area contributed by atoms with E-state index < -0.39 is 0 Å². The average molecular weight is 333 g/mol. The standard InChI is InChI=1S/C16H10ClFN2OS/c17-11-3-1-10(2-4-11)9-14-15(21)20-16(22-14)19-13-7-5-12(18)6-8-13/h1-9H,(H,19,20,21)/b14-9+. The molecule has 0 atom stereocenters. The first-order valence-electron chi connectivity index (χ1n) is 6.41. The van der Waals surface area contributed by atoms with E-state index in [9.17, 15) is 9.18 Å². The molecule has 1 N–H and O–H groups in total. The Kier molecular flexibility index (Phi) is 4.27. The minimum atomic E-state index is -0.324. The van der Waals surface area contributed by atoms with Crippen molar-refractivity contribution >= 4 is 46.2 Å². The van der Waals surface area contributed by atoms with Crippen molar-refractivity contribution in [2.45, 2.75) is 0 Å². The highest BCUT2D eigenvalue weighted by Gasteiger charge is 2.23. The summed E-state index contributed by atoms with van der Waals surface area (Å²) in [6, 6.07) is 12.9. The molecule has 3 rings (SSSR count). The van der Waals surface area contributed by atoms with E-state index in [2.05, 4.69) is 10.3 Å². The van der Waals surface area contributed by atoms with Crippen molar-refractivity contribution in [3.05, 3.63) is 69.8 Å². The molecule has 2 aromatic rings. The van der Waals surface area contributed by atoms with Gasteiger partial charge in [-0.25, -0.2) is 9.38 Å². The molecular weight excluding hydrogens is 323 g/mol. The van der Waals surface area contributed by atoms with Crippen LogP contribution in [0.1, 0.15) is 5.56 Å². The number of carbonyl (C=O) groups is 1. The van der Waals surface area contributed by atoms with E-state index in [-0.39, 0.29) is 11.7 Å². The van der Waals surface area contributed by atoms with E-state index in [0.29, 0.717) is 20.8 Å². The summed E-state index contributed by atoms with van der Waals surface area (Å²) >= 11 is 7.07.